The van der Waals surface area contributed by atoms with Crippen molar-refractivity contribution in [3.63, 3.8) is 0 Å². The number of aromatic nitrogens is 4. The van der Waals surface area contributed by atoms with Crippen molar-refractivity contribution in [1.29, 1.82) is 0 Å². The minimum Gasteiger partial charge on any atom is -0.448 e. The van der Waals surface area contributed by atoms with E-state index >= 15 is 0 Å². The Morgan fingerprint density at radius 2 is 2.17 bits per heavy atom. The van der Waals surface area contributed by atoms with Crippen LogP contribution < -0.4 is 5.56 Å². The van der Waals surface area contributed by atoms with Crippen LogP contribution >= 0.6 is 0 Å². The fraction of sp³-hybridized carbons (Fsp3) is 0.375. The van der Waals surface area contributed by atoms with Crippen molar-refractivity contribution in [3.8, 4) is 0 Å². The summed E-state index contributed by atoms with van der Waals surface area (Å²) < 4.78 is 6.52. The summed E-state index contributed by atoms with van der Waals surface area (Å²) in [4.78, 5) is 34.9. The predicted molar refractivity (Wildman–Crippen MR) is 84.9 cm³/mol. The maximum atomic E-state index is 12.4. The molecular formula is C16H17N5O3. The number of hydrogen-bond acceptors (Lipinski definition) is 5. The Labute approximate surface area is 137 Å². The molecule has 4 rings (SSSR count). The number of aromatic amines is 1. The minimum absolute atomic E-state index is 0.103. The highest BCUT2D eigenvalue weighted by Gasteiger charge is 2.28. The molecule has 0 spiro atoms. The van der Waals surface area contributed by atoms with Crippen molar-refractivity contribution in [2.75, 3.05) is 13.1 Å². The Bertz CT molecular complexity index is 946. The number of aryl methyl sites for hydroxylation is 1. The monoisotopic (exact) mass is 327 g/mol. The first-order chi connectivity index (χ1) is 11.6. The second-order valence-electron chi connectivity index (χ2n) is 6.00. The van der Waals surface area contributed by atoms with Gasteiger partial charge in [-0.2, -0.15) is 0 Å². The number of carbonyl (C=O) groups is 1. The van der Waals surface area contributed by atoms with Crippen LogP contribution in [0.5, 0.6) is 0 Å². The fourth-order valence-electron chi connectivity index (χ4n) is 3.19. The van der Waals surface area contributed by atoms with Gasteiger partial charge in [0.05, 0.1) is 5.69 Å². The highest BCUT2D eigenvalue weighted by Crippen LogP contribution is 2.27. The van der Waals surface area contributed by atoms with Crippen molar-refractivity contribution in [1.82, 2.24) is 24.5 Å². The second-order valence-corrected chi connectivity index (χ2v) is 6.00. The molecule has 0 aromatic carbocycles. The number of fused-ring (bicyclic) bond motifs is 1. The molecule has 1 aliphatic heterocycles. The first kappa shape index (κ1) is 14.7. The Kier molecular flexibility index (Phi) is 3.44. The maximum absolute atomic E-state index is 12.4. The summed E-state index contributed by atoms with van der Waals surface area (Å²) in [7, 11) is 0. The lowest BCUT2D eigenvalue weighted by atomic mass is 9.93. The van der Waals surface area contributed by atoms with Crippen LogP contribution in [0.4, 0.5) is 0 Å². The maximum Gasteiger partial charge on any atom is 0.276 e. The molecule has 0 unspecified atom stereocenters. The summed E-state index contributed by atoms with van der Waals surface area (Å²) in [6.07, 6.45) is 4.53. The number of H-pyrrole nitrogens is 1. The van der Waals surface area contributed by atoms with E-state index in [1.807, 2.05) is 0 Å². The van der Waals surface area contributed by atoms with Gasteiger partial charge >= 0.3 is 0 Å². The normalized spacial score (nSPS) is 16.0. The molecule has 0 radical (unpaired) electrons. The lowest BCUT2D eigenvalue weighted by Crippen LogP contribution is -2.38. The number of amides is 1. The molecule has 3 aromatic heterocycles. The van der Waals surface area contributed by atoms with E-state index in [2.05, 4.69) is 15.1 Å². The summed E-state index contributed by atoms with van der Waals surface area (Å²) in [5.41, 5.74) is 1.67. The Balaban J connectivity index is 1.50. The van der Waals surface area contributed by atoms with Gasteiger partial charge in [-0.1, -0.05) is 0 Å². The molecule has 1 N–H and O–H groups in total. The Morgan fingerprint density at radius 1 is 1.38 bits per heavy atom. The van der Waals surface area contributed by atoms with Gasteiger partial charge in [0.15, 0.2) is 17.7 Å². The number of likely N-dealkylation sites (tertiary alicyclic amines) is 1. The van der Waals surface area contributed by atoms with Gasteiger partial charge in [-0.15, -0.1) is 0 Å². The van der Waals surface area contributed by atoms with E-state index in [0.717, 1.165) is 18.5 Å². The zero-order valence-electron chi connectivity index (χ0n) is 13.2. The quantitative estimate of drug-likeness (QED) is 0.766. The molecule has 4 heterocycles. The Morgan fingerprint density at radius 3 is 2.88 bits per heavy atom. The molecule has 1 saturated heterocycles. The van der Waals surface area contributed by atoms with Gasteiger partial charge in [0.2, 0.25) is 0 Å². The second kappa shape index (κ2) is 5.63. The molecule has 24 heavy (non-hydrogen) atoms. The molecule has 0 saturated carbocycles. The molecule has 8 nitrogen and oxygen atoms in total. The number of oxazole rings is 1. The van der Waals surface area contributed by atoms with Crippen molar-refractivity contribution in [3.05, 3.63) is 52.2 Å². The van der Waals surface area contributed by atoms with Gasteiger partial charge in [0.25, 0.3) is 11.5 Å². The van der Waals surface area contributed by atoms with Gasteiger partial charge in [0.1, 0.15) is 5.76 Å². The van der Waals surface area contributed by atoms with Crippen molar-refractivity contribution < 1.29 is 9.21 Å². The van der Waals surface area contributed by atoms with E-state index in [4.69, 9.17) is 4.42 Å². The number of carbonyl (C=O) groups excluding carboxylic acids is 1. The molecule has 3 aromatic rings. The third kappa shape index (κ3) is 2.40. The van der Waals surface area contributed by atoms with E-state index in [9.17, 15) is 9.59 Å². The minimum atomic E-state index is -0.114. The summed E-state index contributed by atoms with van der Waals surface area (Å²) in [5, 5.41) is 2.83. The van der Waals surface area contributed by atoms with E-state index in [1.54, 1.807) is 30.2 Å². The highest BCUT2D eigenvalue weighted by atomic mass is 16.3. The summed E-state index contributed by atoms with van der Waals surface area (Å²) >= 11 is 0. The number of hydrogen-bond donors (Lipinski definition) is 1. The molecule has 1 amide bonds. The van der Waals surface area contributed by atoms with Crippen molar-refractivity contribution in [2.45, 2.75) is 25.7 Å². The number of nitrogens with zero attached hydrogens (tertiary/aromatic N) is 4. The lowest BCUT2D eigenvalue weighted by molar-refractivity contribution is 0.0705. The third-order valence-corrected chi connectivity index (χ3v) is 4.55. The first-order valence-corrected chi connectivity index (χ1v) is 7.90. The summed E-state index contributed by atoms with van der Waals surface area (Å²) in [5.74, 6) is 0.614. The standard InChI is InChI=1S/C16H17N5O3/c1-10-15(17-9-24-10)16(23)20-6-3-11(4-7-20)12-8-14(22)21-13(19-12)2-5-18-21/h2,5,8-9,11,18H,3-4,6-7H2,1H3. The van der Waals surface area contributed by atoms with Crippen LogP contribution in [0.1, 0.15) is 40.7 Å². The average molecular weight is 327 g/mol. The predicted octanol–water partition coefficient (Wildman–Crippen LogP) is 1.34. The number of nitrogens with one attached hydrogen (secondary N) is 1. The van der Waals surface area contributed by atoms with Gasteiger partial charge in [0, 0.05) is 37.3 Å². The van der Waals surface area contributed by atoms with Gasteiger partial charge in [-0.3, -0.25) is 14.7 Å². The van der Waals surface area contributed by atoms with Gasteiger partial charge in [-0.05, 0) is 19.8 Å². The van der Waals surface area contributed by atoms with E-state index in [1.165, 1.54) is 10.9 Å². The van der Waals surface area contributed by atoms with E-state index in [-0.39, 0.29) is 17.4 Å². The van der Waals surface area contributed by atoms with Crippen LogP contribution in [0.25, 0.3) is 5.65 Å². The molecule has 0 atom stereocenters. The largest absolute Gasteiger partial charge is 0.448 e. The smallest absolute Gasteiger partial charge is 0.276 e. The molecule has 8 heteroatoms. The molecular weight excluding hydrogens is 310 g/mol. The lowest BCUT2D eigenvalue weighted by Gasteiger charge is -2.31. The van der Waals surface area contributed by atoms with Crippen LogP contribution in [0.15, 0.2) is 33.9 Å². The third-order valence-electron chi connectivity index (χ3n) is 4.55. The van der Waals surface area contributed by atoms with Crippen LogP contribution in [0.3, 0.4) is 0 Å². The molecule has 1 fully saturated rings. The van der Waals surface area contributed by atoms with Crippen LogP contribution in [0, 0.1) is 6.92 Å². The zero-order chi connectivity index (χ0) is 16.7. The first-order valence-electron chi connectivity index (χ1n) is 7.90. The SMILES string of the molecule is Cc1ocnc1C(=O)N1CCC(c2cc(=O)n3[nH]ccc3n2)CC1. The van der Waals surface area contributed by atoms with Crippen molar-refractivity contribution in [2.24, 2.45) is 0 Å². The molecule has 0 aliphatic carbocycles. The topological polar surface area (TPSA) is 96.5 Å². The van der Waals surface area contributed by atoms with E-state index < -0.39 is 0 Å². The zero-order valence-corrected chi connectivity index (χ0v) is 13.2. The molecule has 1 aliphatic rings. The summed E-state index contributed by atoms with van der Waals surface area (Å²) in [6, 6.07) is 3.35. The summed E-state index contributed by atoms with van der Waals surface area (Å²) in [6.45, 7) is 2.96. The highest BCUT2D eigenvalue weighted by molar-refractivity contribution is 5.93. The van der Waals surface area contributed by atoms with Gasteiger partial charge in [-0.25, -0.2) is 14.5 Å². The van der Waals surface area contributed by atoms with Gasteiger partial charge < -0.3 is 9.32 Å². The molecule has 0 bridgehead atoms. The number of rotatable bonds is 2. The van der Waals surface area contributed by atoms with E-state index in [0.29, 0.717) is 30.2 Å². The van der Waals surface area contributed by atoms with Crippen LogP contribution in [-0.2, 0) is 0 Å². The average Bonchev–Trinajstić information content (AvgIpc) is 3.23. The van der Waals surface area contributed by atoms with Crippen LogP contribution in [-0.4, -0.2) is 43.5 Å². The fourth-order valence-corrected chi connectivity index (χ4v) is 3.19. The van der Waals surface area contributed by atoms with Crippen molar-refractivity contribution >= 4 is 11.6 Å². The molecule has 124 valence electrons. The number of piperidine rings is 1. The van der Waals surface area contributed by atoms with Crippen LogP contribution in [0.2, 0.25) is 0 Å². The Hall–Kier alpha value is -2.90.